The minimum absolute atomic E-state index is 0.344. The predicted octanol–water partition coefficient (Wildman–Crippen LogP) is 3.63. The first-order valence-electron chi connectivity index (χ1n) is 6.95. The normalized spacial score (nSPS) is 18.4. The summed E-state index contributed by atoms with van der Waals surface area (Å²) in [7, 11) is 0. The Labute approximate surface area is 110 Å². The standard InChI is InChI=1S/C15H15FN2O/c16-11-8-17-13(9-5-6-9)7-10(11)15-18-12-3-1-2-4-14(12)19-15/h7-9H,1-6H2. The van der Waals surface area contributed by atoms with Gasteiger partial charge in [0.15, 0.2) is 5.82 Å². The van der Waals surface area contributed by atoms with E-state index in [-0.39, 0.29) is 5.82 Å². The summed E-state index contributed by atoms with van der Waals surface area (Å²) in [6.45, 7) is 0. The molecule has 0 spiro atoms. The molecule has 2 heterocycles. The fourth-order valence-corrected chi connectivity index (χ4v) is 2.69. The quantitative estimate of drug-likeness (QED) is 0.825. The lowest BCUT2D eigenvalue weighted by molar-refractivity contribution is 0.483. The van der Waals surface area contributed by atoms with Crippen LogP contribution in [0.1, 0.15) is 48.7 Å². The van der Waals surface area contributed by atoms with Crippen molar-refractivity contribution in [1.29, 1.82) is 0 Å². The lowest BCUT2D eigenvalue weighted by Crippen LogP contribution is -1.99. The zero-order chi connectivity index (χ0) is 12.8. The third kappa shape index (κ3) is 1.95. The van der Waals surface area contributed by atoms with Crippen molar-refractivity contribution in [3.05, 3.63) is 35.2 Å². The Bertz CT molecular complexity index is 608. The molecular weight excluding hydrogens is 243 g/mol. The molecule has 0 bridgehead atoms. The van der Waals surface area contributed by atoms with E-state index in [0.717, 1.165) is 55.7 Å². The van der Waals surface area contributed by atoms with Crippen molar-refractivity contribution in [2.75, 3.05) is 0 Å². The summed E-state index contributed by atoms with van der Waals surface area (Å²) in [6.07, 6.45) is 7.75. The Morgan fingerprint density at radius 1 is 1.21 bits per heavy atom. The highest BCUT2D eigenvalue weighted by Crippen LogP contribution is 2.40. The molecule has 3 nitrogen and oxygen atoms in total. The van der Waals surface area contributed by atoms with Crippen molar-refractivity contribution in [3.8, 4) is 11.5 Å². The molecule has 2 aliphatic carbocycles. The average molecular weight is 258 g/mol. The number of aromatic nitrogens is 2. The number of pyridine rings is 1. The lowest BCUT2D eigenvalue weighted by Gasteiger charge is -2.05. The SMILES string of the molecule is Fc1cnc(C2CC2)cc1-c1nc2c(o1)CCCC2. The molecule has 0 radical (unpaired) electrons. The first-order valence-corrected chi connectivity index (χ1v) is 6.95. The van der Waals surface area contributed by atoms with Crippen LogP contribution in [0.4, 0.5) is 4.39 Å². The molecule has 0 saturated heterocycles. The maximum absolute atomic E-state index is 13.9. The molecule has 19 heavy (non-hydrogen) atoms. The zero-order valence-electron chi connectivity index (χ0n) is 10.7. The summed E-state index contributed by atoms with van der Waals surface area (Å²) in [6, 6.07) is 1.81. The molecule has 0 aliphatic heterocycles. The monoisotopic (exact) mass is 258 g/mol. The van der Waals surface area contributed by atoms with Crippen LogP contribution in [0.2, 0.25) is 0 Å². The van der Waals surface area contributed by atoms with Gasteiger partial charge in [-0.3, -0.25) is 4.98 Å². The van der Waals surface area contributed by atoms with Gasteiger partial charge in [0.1, 0.15) is 5.76 Å². The van der Waals surface area contributed by atoms with E-state index in [9.17, 15) is 4.39 Å². The molecule has 2 aromatic heterocycles. The van der Waals surface area contributed by atoms with Crippen LogP contribution in [0.15, 0.2) is 16.7 Å². The molecule has 2 aromatic rings. The number of halogens is 1. The summed E-state index contributed by atoms with van der Waals surface area (Å²) >= 11 is 0. The van der Waals surface area contributed by atoms with Gasteiger partial charge in [-0.2, -0.15) is 0 Å². The Hall–Kier alpha value is -1.71. The smallest absolute Gasteiger partial charge is 0.229 e. The highest BCUT2D eigenvalue weighted by molar-refractivity contribution is 5.55. The van der Waals surface area contributed by atoms with E-state index in [0.29, 0.717) is 17.4 Å². The van der Waals surface area contributed by atoms with E-state index >= 15 is 0 Å². The molecule has 0 N–H and O–H groups in total. The first-order chi connectivity index (χ1) is 9.31. The molecule has 98 valence electrons. The van der Waals surface area contributed by atoms with Gasteiger partial charge in [-0.25, -0.2) is 9.37 Å². The zero-order valence-corrected chi connectivity index (χ0v) is 10.7. The third-order valence-corrected chi connectivity index (χ3v) is 3.95. The largest absolute Gasteiger partial charge is 0.441 e. The van der Waals surface area contributed by atoms with Gasteiger partial charge >= 0.3 is 0 Å². The van der Waals surface area contributed by atoms with Crippen LogP contribution in [0.3, 0.4) is 0 Å². The van der Waals surface area contributed by atoms with Gasteiger partial charge in [0.05, 0.1) is 17.5 Å². The van der Waals surface area contributed by atoms with Crippen molar-refractivity contribution in [3.63, 3.8) is 0 Å². The second-order valence-corrected chi connectivity index (χ2v) is 5.46. The molecule has 0 amide bonds. The highest BCUT2D eigenvalue weighted by atomic mass is 19.1. The van der Waals surface area contributed by atoms with Crippen LogP contribution in [0, 0.1) is 5.82 Å². The van der Waals surface area contributed by atoms with Crippen molar-refractivity contribution in [1.82, 2.24) is 9.97 Å². The van der Waals surface area contributed by atoms with Crippen molar-refractivity contribution in [2.24, 2.45) is 0 Å². The predicted molar refractivity (Wildman–Crippen MR) is 68.3 cm³/mol. The van der Waals surface area contributed by atoms with E-state index < -0.39 is 0 Å². The fourth-order valence-electron chi connectivity index (χ4n) is 2.69. The summed E-state index contributed by atoms with van der Waals surface area (Å²) < 4.78 is 19.7. The maximum Gasteiger partial charge on any atom is 0.229 e. The fraction of sp³-hybridized carbons (Fsp3) is 0.467. The molecule has 2 aliphatic rings. The van der Waals surface area contributed by atoms with E-state index in [1.807, 2.05) is 6.07 Å². The summed E-state index contributed by atoms with van der Waals surface area (Å²) in [5.41, 5.74) is 2.43. The molecule has 0 atom stereocenters. The van der Waals surface area contributed by atoms with Gasteiger partial charge in [0.25, 0.3) is 0 Å². The number of fused-ring (bicyclic) bond motifs is 1. The van der Waals surface area contributed by atoms with Crippen molar-refractivity contribution < 1.29 is 8.81 Å². The third-order valence-electron chi connectivity index (χ3n) is 3.95. The number of rotatable bonds is 2. The number of hydrogen-bond donors (Lipinski definition) is 0. The molecule has 0 unspecified atom stereocenters. The van der Waals surface area contributed by atoms with E-state index in [2.05, 4.69) is 9.97 Å². The number of hydrogen-bond acceptors (Lipinski definition) is 3. The molecular formula is C15H15FN2O. The van der Waals surface area contributed by atoms with Gasteiger partial charge in [0.2, 0.25) is 5.89 Å². The Morgan fingerprint density at radius 3 is 2.84 bits per heavy atom. The summed E-state index contributed by atoms with van der Waals surface area (Å²) in [5, 5.41) is 0. The average Bonchev–Trinajstić information content (AvgIpc) is 3.18. The van der Waals surface area contributed by atoms with Gasteiger partial charge in [-0.1, -0.05) is 0 Å². The number of aryl methyl sites for hydroxylation is 2. The molecule has 1 fully saturated rings. The number of oxazole rings is 1. The van der Waals surface area contributed by atoms with E-state index in [1.165, 1.54) is 6.20 Å². The van der Waals surface area contributed by atoms with Crippen LogP contribution in [0.5, 0.6) is 0 Å². The van der Waals surface area contributed by atoms with Crippen LogP contribution >= 0.6 is 0 Å². The van der Waals surface area contributed by atoms with Gasteiger partial charge in [0, 0.05) is 18.0 Å². The van der Waals surface area contributed by atoms with Crippen LogP contribution in [0.25, 0.3) is 11.5 Å². The van der Waals surface area contributed by atoms with Crippen LogP contribution in [-0.4, -0.2) is 9.97 Å². The van der Waals surface area contributed by atoms with E-state index in [4.69, 9.17) is 4.42 Å². The Balaban J connectivity index is 1.78. The molecule has 0 aromatic carbocycles. The Kier molecular flexibility index (Phi) is 2.43. The molecule has 4 rings (SSSR count). The minimum Gasteiger partial charge on any atom is -0.441 e. The van der Waals surface area contributed by atoms with Gasteiger partial charge in [-0.15, -0.1) is 0 Å². The highest BCUT2D eigenvalue weighted by Gasteiger charge is 2.27. The Morgan fingerprint density at radius 2 is 2.05 bits per heavy atom. The number of nitrogens with zero attached hydrogens (tertiary/aromatic N) is 2. The van der Waals surface area contributed by atoms with Crippen molar-refractivity contribution in [2.45, 2.75) is 44.4 Å². The summed E-state index contributed by atoms with van der Waals surface area (Å²) in [4.78, 5) is 8.63. The van der Waals surface area contributed by atoms with E-state index in [1.54, 1.807) is 0 Å². The van der Waals surface area contributed by atoms with Gasteiger partial charge < -0.3 is 4.42 Å². The van der Waals surface area contributed by atoms with Gasteiger partial charge in [-0.05, 0) is 38.2 Å². The first kappa shape index (κ1) is 11.1. The lowest BCUT2D eigenvalue weighted by atomic mass is 10.0. The second kappa shape index (κ2) is 4.15. The molecule has 4 heteroatoms. The second-order valence-electron chi connectivity index (χ2n) is 5.46. The van der Waals surface area contributed by atoms with Crippen LogP contribution in [-0.2, 0) is 12.8 Å². The molecule has 1 saturated carbocycles. The summed E-state index contributed by atoms with van der Waals surface area (Å²) in [5.74, 6) is 1.52. The van der Waals surface area contributed by atoms with Crippen molar-refractivity contribution >= 4 is 0 Å². The maximum atomic E-state index is 13.9. The minimum atomic E-state index is -0.344. The van der Waals surface area contributed by atoms with Crippen LogP contribution < -0.4 is 0 Å². The topological polar surface area (TPSA) is 38.9 Å².